The molecule has 0 unspecified atom stereocenters. The third-order valence-electron chi connectivity index (χ3n) is 1.83. The summed E-state index contributed by atoms with van der Waals surface area (Å²) in [5.41, 5.74) is 0. The molecule has 1 heterocycles. The van der Waals surface area contributed by atoms with Crippen LogP contribution in [-0.2, 0) is 14.3 Å². The van der Waals surface area contributed by atoms with Gasteiger partial charge in [-0.15, -0.1) is 0 Å². The smallest absolute Gasteiger partial charge is 0.335 e. The van der Waals surface area contributed by atoms with E-state index in [4.69, 9.17) is 9.47 Å². The number of rotatable bonds is 3. The van der Waals surface area contributed by atoms with Gasteiger partial charge in [-0.05, 0) is 19.8 Å². The number of carbonyl (C=O) groups is 1. The van der Waals surface area contributed by atoms with Crippen molar-refractivity contribution in [3.8, 4) is 0 Å². The van der Waals surface area contributed by atoms with E-state index in [-0.39, 0.29) is 18.2 Å². The molecule has 0 spiro atoms. The standard InChI is InChI=1S/C8H13IO3/c1-2-11-8(10)7-4-3-6(5-9)12-7/h6-7H,2-5H2,1H3/t6-,7+/m1/s1. The summed E-state index contributed by atoms with van der Waals surface area (Å²) in [6.07, 6.45) is 1.74. The highest BCUT2D eigenvalue weighted by Gasteiger charge is 2.30. The molecule has 70 valence electrons. The van der Waals surface area contributed by atoms with Crippen LogP contribution in [0.2, 0.25) is 0 Å². The molecule has 0 amide bonds. The van der Waals surface area contributed by atoms with Gasteiger partial charge in [0.25, 0.3) is 0 Å². The van der Waals surface area contributed by atoms with Crippen LogP contribution in [-0.4, -0.2) is 29.2 Å². The maximum atomic E-state index is 11.2. The minimum Gasteiger partial charge on any atom is -0.464 e. The second kappa shape index (κ2) is 5.01. The van der Waals surface area contributed by atoms with E-state index in [0.29, 0.717) is 6.61 Å². The van der Waals surface area contributed by atoms with E-state index in [1.54, 1.807) is 0 Å². The molecule has 1 aliphatic rings. The Balaban J connectivity index is 2.31. The summed E-state index contributed by atoms with van der Waals surface area (Å²) in [5, 5.41) is 0. The third-order valence-corrected chi connectivity index (χ3v) is 2.81. The van der Waals surface area contributed by atoms with Crippen molar-refractivity contribution in [2.75, 3.05) is 11.0 Å². The van der Waals surface area contributed by atoms with E-state index in [1.165, 1.54) is 0 Å². The third kappa shape index (κ3) is 2.58. The lowest BCUT2D eigenvalue weighted by Gasteiger charge is -2.10. The van der Waals surface area contributed by atoms with Crippen LogP contribution in [0.5, 0.6) is 0 Å². The van der Waals surface area contributed by atoms with Crippen molar-refractivity contribution in [1.82, 2.24) is 0 Å². The number of ether oxygens (including phenoxy) is 2. The highest BCUT2D eigenvalue weighted by molar-refractivity contribution is 14.1. The Morgan fingerprint density at radius 2 is 2.42 bits per heavy atom. The summed E-state index contributed by atoms with van der Waals surface area (Å²) < 4.78 is 11.2. The Bertz CT molecular complexity index is 160. The van der Waals surface area contributed by atoms with Gasteiger partial charge in [-0.2, -0.15) is 0 Å². The van der Waals surface area contributed by atoms with E-state index >= 15 is 0 Å². The average molecular weight is 284 g/mol. The van der Waals surface area contributed by atoms with Crippen LogP contribution in [0.25, 0.3) is 0 Å². The molecule has 0 aliphatic carbocycles. The van der Waals surface area contributed by atoms with Crippen molar-refractivity contribution in [2.24, 2.45) is 0 Å². The van der Waals surface area contributed by atoms with Crippen molar-refractivity contribution < 1.29 is 14.3 Å². The maximum absolute atomic E-state index is 11.2. The molecule has 0 aromatic carbocycles. The van der Waals surface area contributed by atoms with Crippen molar-refractivity contribution in [3.05, 3.63) is 0 Å². The lowest BCUT2D eigenvalue weighted by Crippen LogP contribution is -2.24. The number of esters is 1. The summed E-state index contributed by atoms with van der Waals surface area (Å²) in [6, 6.07) is 0. The zero-order valence-electron chi connectivity index (χ0n) is 7.09. The molecule has 1 saturated heterocycles. The van der Waals surface area contributed by atoms with Gasteiger partial charge in [0, 0.05) is 4.43 Å². The number of carbonyl (C=O) groups excluding carboxylic acids is 1. The van der Waals surface area contributed by atoms with E-state index in [0.717, 1.165) is 17.3 Å². The molecule has 0 bridgehead atoms. The van der Waals surface area contributed by atoms with Gasteiger partial charge in [-0.3, -0.25) is 0 Å². The number of alkyl halides is 1. The van der Waals surface area contributed by atoms with Gasteiger partial charge in [0.2, 0.25) is 0 Å². The molecule has 2 atom stereocenters. The molecule has 1 aliphatic heterocycles. The molecule has 0 N–H and O–H groups in total. The Hall–Kier alpha value is 0.160. The quantitative estimate of drug-likeness (QED) is 0.448. The molecular weight excluding hydrogens is 271 g/mol. The predicted octanol–water partition coefficient (Wildman–Crippen LogP) is 1.53. The van der Waals surface area contributed by atoms with Gasteiger partial charge in [0.05, 0.1) is 12.7 Å². The minimum absolute atomic E-state index is 0.204. The van der Waals surface area contributed by atoms with Crippen LogP contribution < -0.4 is 0 Å². The highest BCUT2D eigenvalue weighted by Crippen LogP contribution is 2.21. The molecule has 0 aromatic heterocycles. The second-order valence-electron chi connectivity index (χ2n) is 2.73. The zero-order valence-corrected chi connectivity index (χ0v) is 9.24. The van der Waals surface area contributed by atoms with Crippen LogP contribution in [0.1, 0.15) is 19.8 Å². The Kier molecular flexibility index (Phi) is 4.28. The van der Waals surface area contributed by atoms with E-state index in [9.17, 15) is 4.79 Å². The number of hydrogen-bond acceptors (Lipinski definition) is 3. The summed E-state index contributed by atoms with van der Waals surface area (Å²) in [5.74, 6) is -0.204. The fourth-order valence-corrected chi connectivity index (χ4v) is 1.88. The molecular formula is C8H13IO3. The molecule has 1 fully saturated rings. The fraction of sp³-hybridized carbons (Fsp3) is 0.875. The zero-order chi connectivity index (χ0) is 8.97. The average Bonchev–Trinajstić information content (AvgIpc) is 2.52. The second-order valence-corrected chi connectivity index (χ2v) is 3.61. The van der Waals surface area contributed by atoms with Crippen molar-refractivity contribution in [1.29, 1.82) is 0 Å². The van der Waals surface area contributed by atoms with Crippen LogP contribution in [0.15, 0.2) is 0 Å². The monoisotopic (exact) mass is 284 g/mol. The maximum Gasteiger partial charge on any atom is 0.335 e. The van der Waals surface area contributed by atoms with Gasteiger partial charge >= 0.3 is 5.97 Å². The first-order valence-electron chi connectivity index (χ1n) is 4.16. The number of halogens is 1. The molecule has 0 saturated carbocycles. The summed E-state index contributed by atoms with van der Waals surface area (Å²) in [7, 11) is 0. The normalized spacial score (nSPS) is 28.8. The van der Waals surface area contributed by atoms with Crippen LogP contribution in [0, 0.1) is 0 Å². The van der Waals surface area contributed by atoms with E-state index in [1.807, 2.05) is 6.92 Å². The van der Waals surface area contributed by atoms with Gasteiger partial charge < -0.3 is 9.47 Å². The SMILES string of the molecule is CCOC(=O)[C@@H]1CC[C@H](CI)O1. The largest absolute Gasteiger partial charge is 0.464 e. The molecule has 0 radical (unpaired) electrons. The highest BCUT2D eigenvalue weighted by atomic mass is 127. The first-order chi connectivity index (χ1) is 5.77. The van der Waals surface area contributed by atoms with Crippen LogP contribution in [0.4, 0.5) is 0 Å². The molecule has 4 heteroatoms. The molecule has 1 rings (SSSR count). The van der Waals surface area contributed by atoms with Gasteiger partial charge in [0.1, 0.15) is 0 Å². The topological polar surface area (TPSA) is 35.5 Å². The van der Waals surface area contributed by atoms with E-state index < -0.39 is 0 Å². The lowest BCUT2D eigenvalue weighted by atomic mass is 10.2. The van der Waals surface area contributed by atoms with Gasteiger partial charge in [0.15, 0.2) is 6.10 Å². The summed E-state index contributed by atoms with van der Waals surface area (Å²) >= 11 is 2.27. The van der Waals surface area contributed by atoms with Crippen molar-refractivity contribution in [2.45, 2.75) is 32.0 Å². The van der Waals surface area contributed by atoms with Crippen LogP contribution >= 0.6 is 22.6 Å². The van der Waals surface area contributed by atoms with Crippen molar-refractivity contribution in [3.63, 3.8) is 0 Å². The van der Waals surface area contributed by atoms with Gasteiger partial charge in [-0.1, -0.05) is 22.6 Å². The molecule has 12 heavy (non-hydrogen) atoms. The summed E-state index contributed by atoms with van der Waals surface area (Å²) in [4.78, 5) is 11.2. The van der Waals surface area contributed by atoms with Crippen molar-refractivity contribution >= 4 is 28.6 Å². The summed E-state index contributed by atoms with van der Waals surface area (Å²) in [6.45, 7) is 2.25. The first-order valence-corrected chi connectivity index (χ1v) is 5.68. The van der Waals surface area contributed by atoms with Crippen LogP contribution in [0.3, 0.4) is 0 Å². The fourth-order valence-electron chi connectivity index (χ4n) is 1.23. The molecule has 0 aromatic rings. The lowest BCUT2D eigenvalue weighted by molar-refractivity contribution is -0.155. The Morgan fingerprint density at radius 1 is 1.67 bits per heavy atom. The number of hydrogen-bond donors (Lipinski definition) is 0. The Morgan fingerprint density at radius 3 is 2.92 bits per heavy atom. The molecule has 3 nitrogen and oxygen atoms in total. The van der Waals surface area contributed by atoms with E-state index in [2.05, 4.69) is 22.6 Å². The minimum atomic E-state index is -0.301. The predicted molar refractivity (Wildman–Crippen MR) is 53.4 cm³/mol. The first kappa shape index (κ1) is 10.2. The Labute approximate surface area is 85.9 Å². The van der Waals surface area contributed by atoms with Gasteiger partial charge in [-0.25, -0.2) is 4.79 Å².